The van der Waals surface area contributed by atoms with Crippen LogP contribution in [0.15, 0.2) is 18.7 Å². The van der Waals surface area contributed by atoms with E-state index in [1.807, 2.05) is 6.07 Å². The predicted molar refractivity (Wildman–Crippen MR) is 87.2 cm³/mol. The number of methoxy groups -OCH3 is 1. The molecule has 0 N–H and O–H groups in total. The van der Waals surface area contributed by atoms with Crippen LogP contribution >= 0.6 is 0 Å². The summed E-state index contributed by atoms with van der Waals surface area (Å²) in [5.74, 6) is 0.536. The van der Waals surface area contributed by atoms with Crippen LogP contribution in [0.25, 0.3) is 5.57 Å². The molecule has 1 aromatic rings. The molecule has 5 nitrogen and oxygen atoms in total. The van der Waals surface area contributed by atoms with Crippen molar-refractivity contribution >= 4 is 16.9 Å². The van der Waals surface area contributed by atoms with Crippen LogP contribution in [0.4, 0.5) is 11.4 Å². The number of hydrogen-bond acceptors (Lipinski definition) is 4. The van der Waals surface area contributed by atoms with Crippen LogP contribution in [0.2, 0.25) is 0 Å². The Bertz CT molecular complexity index is 520. The van der Waals surface area contributed by atoms with Crippen molar-refractivity contribution in [3.8, 4) is 5.75 Å². The normalized spacial score (nSPS) is 10.3. The van der Waals surface area contributed by atoms with E-state index in [1.54, 1.807) is 14.0 Å². The maximum absolute atomic E-state index is 11.2. The van der Waals surface area contributed by atoms with E-state index >= 15 is 0 Å². The van der Waals surface area contributed by atoms with Crippen molar-refractivity contribution in [1.29, 1.82) is 0 Å². The topological polar surface area (TPSA) is 55.6 Å². The van der Waals surface area contributed by atoms with Gasteiger partial charge in [-0.1, -0.05) is 20.4 Å². The highest BCUT2D eigenvalue weighted by Gasteiger charge is 2.21. The quantitative estimate of drug-likeness (QED) is 0.530. The van der Waals surface area contributed by atoms with Crippen LogP contribution in [0.1, 0.15) is 39.2 Å². The largest absolute Gasteiger partial charge is 0.494 e. The number of hydrogen-bond donors (Lipinski definition) is 0. The van der Waals surface area contributed by atoms with E-state index in [0.29, 0.717) is 16.9 Å². The molecule has 0 aromatic heterocycles. The lowest BCUT2D eigenvalue weighted by Gasteiger charge is -2.26. The SMILES string of the molecule is C=C(C)c1cc(N(CCC)CCC)c(OC)cc1[N+](=O)[O-]. The standard InChI is InChI=1S/C16H24N2O3/c1-6-8-17(9-7-2)15-10-13(12(3)4)14(18(19)20)11-16(15)21-5/h10-11H,3,6-9H2,1-2,4-5H3. The summed E-state index contributed by atoms with van der Waals surface area (Å²) < 4.78 is 5.37. The van der Waals surface area contributed by atoms with Crippen molar-refractivity contribution in [1.82, 2.24) is 0 Å². The first kappa shape index (κ1) is 17.0. The van der Waals surface area contributed by atoms with Crippen molar-refractivity contribution < 1.29 is 9.66 Å². The van der Waals surface area contributed by atoms with Gasteiger partial charge in [-0.2, -0.15) is 0 Å². The molecule has 1 aromatic carbocycles. The maximum atomic E-state index is 11.2. The summed E-state index contributed by atoms with van der Waals surface area (Å²) in [4.78, 5) is 13.0. The Labute approximate surface area is 126 Å². The minimum absolute atomic E-state index is 0.0380. The van der Waals surface area contributed by atoms with Gasteiger partial charge in [0.2, 0.25) is 0 Å². The second-order valence-corrected chi connectivity index (χ2v) is 5.07. The molecule has 21 heavy (non-hydrogen) atoms. The first-order valence-corrected chi connectivity index (χ1v) is 7.23. The van der Waals surface area contributed by atoms with Crippen molar-refractivity contribution in [2.75, 3.05) is 25.1 Å². The van der Waals surface area contributed by atoms with Gasteiger partial charge in [-0.25, -0.2) is 0 Å². The summed E-state index contributed by atoms with van der Waals surface area (Å²) in [5, 5.41) is 11.2. The molecule has 0 heterocycles. The Morgan fingerprint density at radius 1 is 1.33 bits per heavy atom. The molecule has 0 amide bonds. The third-order valence-electron chi connectivity index (χ3n) is 3.28. The summed E-state index contributed by atoms with van der Waals surface area (Å²) in [7, 11) is 1.54. The van der Waals surface area contributed by atoms with Crippen LogP contribution in [-0.4, -0.2) is 25.1 Å². The van der Waals surface area contributed by atoms with Gasteiger partial charge in [-0.15, -0.1) is 0 Å². The molecule has 116 valence electrons. The minimum Gasteiger partial charge on any atom is -0.494 e. The highest BCUT2D eigenvalue weighted by atomic mass is 16.6. The molecule has 0 spiro atoms. The number of ether oxygens (including phenoxy) is 1. The van der Waals surface area contributed by atoms with Crippen molar-refractivity contribution in [2.24, 2.45) is 0 Å². The number of nitro benzene ring substituents is 1. The number of nitrogens with zero attached hydrogens (tertiary/aromatic N) is 2. The zero-order valence-corrected chi connectivity index (χ0v) is 13.3. The molecule has 0 fully saturated rings. The van der Waals surface area contributed by atoms with Gasteiger partial charge in [0.15, 0.2) is 0 Å². The summed E-state index contributed by atoms with van der Waals surface area (Å²) in [6.45, 7) is 11.6. The zero-order chi connectivity index (χ0) is 16.0. The van der Waals surface area contributed by atoms with Gasteiger partial charge in [0, 0.05) is 13.1 Å². The molecular formula is C16H24N2O3. The number of nitro groups is 1. The molecule has 0 radical (unpaired) electrons. The number of benzene rings is 1. The van der Waals surface area contributed by atoms with Crippen LogP contribution in [-0.2, 0) is 0 Å². The molecule has 0 unspecified atom stereocenters. The Kier molecular flexibility index (Phi) is 6.21. The molecule has 0 saturated carbocycles. The van der Waals surface area contributed by atoms with E-state index in [-0.39, 0.29) is 10.6 Å². The molecule has 0 aliphatic heterocycles. The van der Waals surface area contributed by atoms with E-state index < -0.39 is 0 Å². The third kappa shape index (κ3) is 3.97. The molecule has 0 saturated heterocycles. The smallest absolute Gasteiger partial charge is 0.280 e. The molecule has 0 bridgehead atoms. The fourth-order valence-electron chi connectivity index (χ4n) is 2.35. The lowest BCUT2D eigenvalue weighted by molar-refractivity contribution is -0.385. The number of allylic oxidation sites excluding steroid dienone is 1. The second-order valence-electron chi connectivity index (χ2n) is 5.07. The van der Waals surface area contributed by atoms with E-state index in [1.165, 1.54) is 6.07 Å². The highest BCUT2D eigenvalue weighted by molar-refractivity contribution is 5.77. The Morgan fingerprint density at radius 2 is 1.90 bits per heavy atom. The van der Waals surface area contributed by atoms with Gasteiger partial charge in [-0.05, 0) is 31.4 Å². The highest BCUT2D eigenvalue weighted by Crippen LogP contribution is 2.38. The van der Waals surface area contributed by atoms with Gasteiger partial charge in [0.25, 0.3) is 5.69 Å². The molecule has 5 heteroatoms. The van der Waals surface area contributed by atoms with Crippen molar-refractivity contribution in [3.05, 3.63) is 34.4 Å². The van der Waals surface area contributed by atoms with Gasteiger partial charge in [0.1, 0.15) is 5.75 Å². The molecule has 0 atom stereocenters. The zero-order valence-electron chi connectivity index (χ0n) is 13.3. The van der Waals surface area contributed by atoms with Gasteiger partial charge < -0.3 is 9.64 Å². The second kappa shape index (κ2) is 7.67. The Balaban J connectivity index is 3.45. The average Bonchev–Trinajstić information content (AvgIpc) is 2.45. The van der Waals surface area contributed by atoms with E-state index in [9.17, 15) is 10.1 Å². The molecular weight excluding hydrogens is 268 g/mol. The van der Waals surface area contributed by atoms with Crippen LogP contribution in [0, 0.1) is 10.1 Å². The molecule has 1 rings (SSSR count). The summed E-state index contributed by atoms with van der Waals surface area (Å²) in [6.07, 6.45) is 2.01. The number of anilines is 1. The first-order valence-electron chi connectivity index (χ1n) is 7.23. The van der Waals surface area contributed by atoms with Gasteiger partial charge >= 0.3 is 0 Å². The van der Waals surface area contributed by atoms with Crippen LogP contribution in [0.3, 0.4) is 0 Å². The lowest BCUT2D eigenvalue weighted by atomic mass is 10.0. The van der Waals surface area contributed by atoms with E-state index in [2.05, 4.69) is 25.3 Å². The molecule has 0 aliphatic carbocycles. The number of rotatable bonds is 8. The van der Waals surface area contributed by atoms with Gasteiger partial charge in [-0.3, -0.25) is 10.1 Å². The van der Waals surface area contributed by atoms with Crippen molar-refractivity contribution in [2.45, 2.75) is 33.6 Å². The fourth-order valence-corrected chi connectivity index (χ4v) is 2.35. The van der Waals surface area contributed by atoms with Crippen LogP contribution in [0.5, 0.6) is 5.75 Å². The third-order valence-corrected chi connectivity index (χ3v) is 3.28. The fraction of sp³-hybridized carbons (Fsp3) is 0.500. The average molecular weight is 292 g/mol. The monoisotopic (exact) mass is 292 g/mol. The van der Waals surface area contributed by atoms with E-state index in [4.69, 9.17) is 4.74 Å². The summed E-state index contributed by atoms with van der Waals surface area (Å²) in [6, 6.07) is 3.32. The van der Waals surface area contributed by atoms with Crippen LogP contribution < -0.4 is 9.64 Å². The predicted octanol–water partition coefficient (Wildman–Crippen LogP) is 4.26. The Morgan fingerprint density at radius 3 is 2.29 bits per heavy atom. The summed E-state index contributed by atoms with van der Waals surface area (Å²) >= 11 is 0. The summed E-state index contributed by atoms with van der Waals surface area (Å²) in [5.41, 5.74) is 2.17. The molecule has 0 aliphatic rings. The van der Waals surface area contributed by atoms with Gasteiger partial charge in [0.05, 0.1) is 29.4 Å². The lowest BCUT2D eigenvalue weighted by Crippen LogP contribution is -2.25. The first-order chi connectivity index (χ1) is 9.96. The maximum Gasteiger partial charge on any atom is 0.280 e. The van der Waals surface area contributed by atoms with Crippen molar-refractivity contribution in [3.63, 3.8) is 0 Å². The minimum atomic E-state index is -0.389. The van der Waals surface area contributed by atoms with E-state index in [0.717, 1.165) is 31.6 Å². The Hall–Kier alpha value is -2.04.